The van der Waals surface area contributed by atoms with Crippen molar-refractivity contribution in [3.05, 3.63) is 64.7 Å². The van der Waals surface area contributed by atoms with Gasteiger partial charge in [0.1, 0.15) is 0 Å². The number of benzene rings is 1. The molecule has 3 aromatic heterocycles. The van der Waals surface area contributed by atoms with Gasteiger partial charge in [-0.2, -0.15) is 5.10 Å². The summed E-state index contributed by atoms with van der Waals surface area (Å²) >= 11 is 0. The maximum absolute atomic E-state index is 14.4. The molecule has 1 aliphatic heterocycles. The number of hydrogen-bond acceptors (Lipinski definition) is 4. The molecular formula is C21H20FN5O. The standard InChI is InChI=1S/C21H20FN5O/c1-13-11-26-12-16(9-19(22)20(26)25-13)14-2-3-18-15(8-14)10-24-27(21(18)28)17-4-6-23-7-5-17/h2-3,8-12,17,23H,4-7H2,1H3. The summed E-state index contributed by atoms with van der Waals surface area (Å²) in [6.07, 6.45) is 7.18. The smallest absolute Gasteiger partial charge is 0.274 e. The Kier molecular flexibility index (Phi) is 3.98. The molecule has 1 aliphatic rings. The molecule has 1 saturated heterocycles. The number of piperidine rings is 1. The van der Waals surface area contributed by atoms with Gasteiger partial charge in [-0.15, -0.1) is 0 Å². The summed E-state index contributed by atoms with van der Waals surface area (Å²) in [7, 11) is 0. The number of imidazole rings is 1. The fourth-order valence-electron chi connectivity index (χ4n) is 3.99. The van der Waals surface area contributed by atoms with Crippen molar-refractivity contribution in [2.24, 2.45) is 0 Å². The Bertz CT molecular complexity index is 1250. The first-order valence-electron chi connectivity index (χ1n) is 9.48. The van der Waals surface area contributed by atoms with Crippen molar-refractivity contribution < 1.29 is 4.39 Å². The molecule has 0 amide bonds. The van der Waals surface area contributed by atoms with Gasteiger partial charge in [-0.05, 0) is 56.6 Å². The number of nitrogens with zero attached hydrogens (tertiary/aromatic N) is 4. The Morgan fingerprint density at radius 2 is 1.96 bits per heavy atom. The van der Waals surface area contributed by atoms with Crippen LogP contribution in [0.15, 0.2) is 47.7 Å². The van der Waals surface area contributed by atoms with Crippen molar-refractivity contribution >= 4 is 16.4 Å². The zero-order chi connectivity index (χ0) is 19.3. The number of pyridine rings is 1. The number of fused-ring (bicyclic) bond motifs is 2. The third-order valence-electron chi connectivity index (χ3n) is 5.43. The lowest BCUT2D eigenvalue weighted by Gasteiger charge is -2.23. The molecule has 0 aliphatic carbocycles. The third kappa shape index (κ3) is 2.79. The van der Waals surface area contributed by atoms with Crippen molar-refractivity contribution in [1.82, 2.24) is 24.5 Å². The van der Waals surface area contributed by atoms with Crippen LogP contribution in [0.5, 0.6) is 0 Å². The Morgan fingerprint density at radius 1 is 1.14 bits per heavy atom. The van der Waals surface area contributed by atoms with Gasteiger partial charge in [0, 0.05) is 23.3 Å². The number of nitrogens with one attached hydrogen (secondary N) is 1. The average molecular weight is 377 g/mol. The average Bonchev–Trinajstić information content (AvgIpc) is 3.09. The molecule has 1 aromatic carbocycles. The number of aryl methyl sites for hydroxylation is 1. The highest BCUT2D eigenvalue weighted by molar-refractivity contribution is 5.86. The molecule has 0 unspecified atom stereocenters. The van der Waals surface area contributed by atoms with Crippen LogP contribution in [0.4, 0.5) is 4.39 Å². The zero-order valence-electron chi connectivity index (χ0n) is 15.5. The van der Waals surface area contributed by atoms with E-state index in [2.05, 4.69) is 15.4 Å². The first-order valence-corrected chi connectivity index (χ1v) is 9.48. The number of halogens is 1. The number of hydrogen-bond donors (Lipinski definition) is 1. The predicted octanol–water partition coefficient (Wildman–Crippen LogP) is 3.08. The van der Waals surface area contributed by atoms with Crippen LogP contribution in [0.2, 0.25) is 0 Å². The van der Waals surface area contributed by atoms with Gasteiger partial charge in [0.25, 0.3) is 5.56 Å². The van der Waals surface area contributed by atoms with Crippen LogP contribution in [0.3, 0.4) is 0 Å². The highest BCUT2D eigenvalue weighted by atomic mass is 19.1. The van der Waals surface area contributed by atoms with Crippen LogP contribution in [0, 0.1) is 12.7 Å². The summed E-state index contributed by atoms with van der Waals surface area (Å²) in [5.74, 6) is -0.370. The molecule has 5 rings (SSSR count). The molecule has 0 atom stereocenters. The van der Waals surface area contributed by atoms with Crippen LogP contribution < -0.4 is 10.9 Å². The van der Waals surface area contributed by atoms with Gasteiger partial charge in [-0.25, -0.2) is 14.1 Å². The van der Waals surface area contributed by atoms with Gasteiger partial charge in [0.15, 0.2) is 11.5 Å². The molecule has 0 saturated carbocycles. The second kappa shape index (κ2) is 6.53. The molecule has 7 heteroatoms. The lowest BCUT2D eigenvalue weighted by molar-refractivity contribution is 0.333. The van der Waals surface area contributed by atoms with Crippen molar-refractivity contribution in [1.29, 1.82) is 0 Å². The van der Waals surface area contributed by atoms with Crippen LogP contribution >= 0.6 is 0 Å². The Balaban J connectivity index is 1.59. The van der Waals surface area contributed by atoms with Gasteiger partial charge in [-0.1, -0.05) is 6.07 Å². The van der Waals surface area contributed by atoms with Crippen LogP contribution in [0.1, 0.15) is 24.6 Å². The number of rotatable bonds is 2. The number of aromatic nitrogens is 4. The fraction of sp³-hybridized carbons (Fsp3) is 0.286. The predicted molar refractivity (Wildman–Crippen MR) is 106 cm³/mol. The van der Waals surface area contributed by atoms with E-state index >= 15 is 0 Å². The molecule has 6 nitrogen and oxygen atoms in total. The Morgan fingerprint density at radius 3 is 2.79 bits per heavy atom. The molecule has 0 spiro atoms. The maximum atomic E-state index is 14.4. The highest BCUT2D eigenvalue weighted by Gasteiger charge is 2.18. The van der Waals surface area contributed by atoms with Crippen molar-refractivity contribution in [3.8, 4) is 11.1 Å². The molecule has 142 valence electrons. The lowest BCUT2D eigenvalue weighted by atomic mass is 10.0. The summed E-state index contributed by atoms with van der Waals surface area (Å²) in [6.45, 7) is 3.64. The molecule has 4 heterocycles. The van der Waals surface area contributed by atoms with Gasteiger partial charge in [-0.3, -0.25) is 4.79 Å². The zero-order valence-corrected chi connectivity index (χ0v) is 15.5. The van der Waals surface area contributed by atoms with Gasteiger partial charge in [0.2, 0.25) is 0 Å². The summed E-state index contributed by atoms with van der Waals surface area (Å²) < 4.78 is 17.7. The van der Waals surface area contributed by atoms with Crippen molar-refractivity contribution in [2.75, 3.05) is 13.1 Å². The van der Waals surface area contributed by atoms with E-state index in [1.54, 1.807) is 21.5 Å². The van der Waals surface area contributed by atoms with E-state index in [-0.39, 0.29) is 17.4 Å². The molecule has 0 radical (unpaired) electrons. The van der Waals surface area contributed by atoms with E-state index in [1.165, 1.54) is 6.07 Å². The summed E-state index contributed by atoms with van der Waals surface area (Å²) in [5.41, 5.74) is 2.57. The quantitative estimate of drug-likeness (QED) is 0.583. The molecule has 1 N–H and O–H groups in total. The SMILES string of the molecule is Cc1cn2cc(-c3ccc4c(=O)n(C5CCNCC5)ncc4c3)cc(F)c2n1. The summed E-state index contributed by atoms with van der Waals surface area (Å²) in [5, 5.41) is 9.12. The van der Waals surface area contributed by atoms with E-state index < -0.39 is 0 Å². The van der Waals surface area contributed by atoms with Gasteiger partial charge >= 0.3 is 0 Å². The molecule has 28 heavy (non-hydrogen) atoms. The fourth-order valence-corrected chi connectivity index (χ4v) is 3.99. The second-order valence-corrected chi connectivity index (χ2v) is 7.37. The monoisotopic (exact) mass is 377 g/mol. The minimum Gasteiger partial charge on any atom is -0.317 e. The maximum Gasteiger partial charge on any atom is 0.274 e. The van der Waals surface area contributed by atoms with Crippen LogP contribution in [0.25, 0.3) is 27.5 Å². The minimum absolute atomic E-state index is 0.0668. The Labute approximate surface area is 160 Å². The van der Waals surface area contributed by atoms with Gasteiger partial charge < -0.3 is 9.72 Å². The molecule has 0 bridgehead atoms. The highest BCUT2D eigenvalue weighted by Crippen LogP contribution is 2.26. The van der Waals surface area contributed by atoms with E-state index in [9.17, 15) is 9.18 Å². The first kappa shape index (κ1) is 17.1. The molecule has 4 aromatic rings. The van der Waals surface area contributed by atoms with Crippen molar-refractivity contribution in [2.45, 2.75) is 25.8 Å². The minimum atomic E-state index is -0.370. The normalized spacial score (nSPS) is 15.5. The van der Waals surface area contributed by atoms with E-state index in [0.717, 1.165) is 48.1 Å². The van der Waals surface area contributed by atoms with Crippen molar-refractivity contribution in [3.63, 3.8) is 0 Å². The van der Waals surface area contributed by atoms with Crippen LogP contribution in [-0.4, -0.2) is 32.3 Å². The van der Waals surface area contributed by atoms with E-state index in [4.69, 9.17) is 0 Å². The third-order valence-corrected chi connectivity index (χ3v) is 5.43. The lowest BCUT2D eigenvalue weighted by Crippen LogP contribution is -2.35. The second-order valence-electron chi connectivity index (χ2n) is 7.37. The molecule has 1 fully saturated rings. The first-order chi connectivity index (χ1) is 13.6. The Hall–Kier alpha value is -3.06. The van der Waals surface area contributed by atoms with Gasteiger partial charge in [0.05, 0.1) is 23.3 Å². The van der Waals surface area contributed by atoms with E-state index in [0.29, 0.717) is 11.0 Å². The van der Waals surface area contributed by atoms with E-state index in [1.807, 2.05) is 31.3 Å². The summed E-state index contributed by atoms with van der Waals surface area (Å²) in [6, 6.07) is 7.18. The van der Waals surface area contributed by atoms with Crippen LogP contribution in [-0.2, 0) is 0 Å². The summed E-state index contributed by atoms with van der Waals surface area (Å²) in [4.78, 5) is 17.1. The largest absolute Gasteiger partial charge is 0.317 e. The topological polar surface area (TPSA) is 64.2 Å². The molecular weight excluding hydrogens is 357 g/mol.